The summed E-state index contributed by atoms with van der Waals surface area (Å²) in [5, 5.41) is -0.446. The van der Waals surface area contributed by atoms with E-state index in [2.05, 4.69) is 0 Å². The highest BCUT2D eigenvalue weighted by Crippen LogP contribution is 2.20. The lowest BCUT2D eigenvalue weighted by Crippen LogP contribution is -2.57. The largest absolute Gasteiger partial charge is 0.340 e. The van der Waals surface area contributed by atoms with Gasteiger partial charge in [0.15, 0.2) is 15.6 Å². The van der Waals surface area contributed by atoms with Crippen molar-refractivity contribution in [1.29, 1.82) is 0 Å². The lowest BCUT2D eigenvalue weighted by molar-refractivity contribution is -0.134. The van der Waals surface area contributed by atoms with Crippen molar-refractivity contribution in [3.05, 3.63) is 35.9 Å². The SMILES string of the molecule is CC(C)CS(=O)(=O)C1CN(C(=O)CCC(=O)c2ccccc2)C1. The molecule has 1 amide bonds. The second kappa shape index (κ2) is 7.25. The molecule has 0 radical (unpaired) electrons. The van der Waals surface area contributed by atoms with Crippen molar-refractivity contribution in [2.24, 2.45) is 5.92 Å². The van der Waals surface area contributed by atoms with E-state index in [1.165, 1.54) is 4.90 Å². The third-order valence-electron chi connectivity index (χ3n) is 3.94. The predicted octanol–water partition coefficient (Wildman–Crippen LogP) is 1.93. The Labute approximate surface area is 137 Å². The van der Waals surface area contributed by atoms with E-state index in [1.54, 1.807) is 24.3 Å². The molecule has 0 bridgehead atoms. The number of nitrogens with zero attached hydrogens (tertiary/aromatic N) is 1. The summed E-state index contributed by atoms with van der Waals surface area (Å²) in [5.74, 6) is 0.0357. The molecule has 0 atom stereocenters. The number of rotatable bonds is 7. The Morgan fingerprint density at radius 3 is 2.30 bits per heavy atom. The molecular formula is C17H23NO4S. The zero-order valence-electron chi connectivity index (χ0n) is 13.6. The molecule has 1 fully saturated rings. The van der Waals surface area contributed by atoms with Gasteiger partial charge in [-0.15, -0.1) is 0 Å². The molecule has 0 aromatic heterocycles. The quantitative estimate of drug-likeness (QED) is 0.713. The molecule has 1 aromatic rings. The smallest absolute Gasteiger partial charge is 0.223 e. The molecule has 0 N–H and O–H groups in total. The number of benzene rings is 1. The van der Waals surface area contributed by atoms with Crippen LogP contribution in [0.5, 0.6) is 0 Å². The first-order valence-electron chi connectivity index (χ1n) is 7.87. The molecule has 126 valence electrons. The highest BCUT2D eigenvalue weighted by molar-refractivity contribution is 7.92. The van der Waals surface area contributed by atoms with Gasteiger partial charge in [0.2, 0.25) is 5.91 Å². The number of Topliss-reactive ketones (excluding diaryl/α,β-unsaturated/α-hetero) is 1. The number of amides is 1. The van der Waals surface area contributed by atoms with Crippen LogP contribution < -0.4 is 0 Å². The summed E-state index contributed by atoms with van der Waals surface area (Å²) in [6, 6.07) is 8.86. The van der Waals surface area contributed by atoms with Crippen LogP contribution in [0.25, 0.3) is 0 Å². The zero-order valence-corrected chi connectivity index (χ0v) is 14.4. The predicted molar refractivity (Wildman–Crippen MR) is 89.0 cm³/mol. The molecule has 6 heteroatoms. The van der Waals surface area contributed by atoms with E-state index < -0.39 is 15.1 Å². The maximum atomic E-state index is 12.1. The monoisotopic (exact) mass is 337 g/mol. The second-order valence-electron chi connectivity index (χ2n) is 6.43. The molecule has 0 spiro atoms. The molecule has 23 heavy (non-hydrogen) atoms. The summed E-state index contributed by atoms with van der Waals surface area (Å²) < 4.78 is 24.1. The standard InChI is InChI=1S/C17H23NO4S/c1-13(2)12-23(21,22)15-10-18(11-15)17(20)9-8-16(19)14-6-4-3-5-7-14/h3-7,13,15H,8-12H2,1-2H3. The van der Waals surface area contributed by atoms with Crippen molar-refractivity contribution in [1.82, 2.24) is 4.90 Å². The Morgan fingerprint density at radius 2 is 1.74 bits per heavy atom. The Bertz CT molecular complexity index is 661. The van der Waals surface area contributed by atoms with Crippen molar-refractivity contribution < 1.29 is 18.0 Å². The molecule has 1 aliphatic rings. The highest BCUT2D eigenvalue weighted by atomic mass is 32.2. The Kier molecular flexibility index (Phi) is 5.57. The summed E-state index contributed by atoms with van der Waals surface area (Å²) in [4.78, 5) is 25.5. The normalized spacial score (nSPS) is 15.5. The minimum atomic E-state index is -3.12. The Hall–Kier alpha value is -1.69. The molecule has 1 heterocycles. The first-order chi connectivity index (χ1) is 10.8. The lowest BCUT2D eigenvalue weighted by Gasteiger charge is -2.39. The van der Waals surface area contributed by atoms with Crippen LogP contribution in [-0.4, -0.2) is 49.1 Å². The number of carbonyl (C=O) groups excluding carboxylic acids is 2. The molecule has 5 nitrogen and oxygen atoms in total. The molecule has 2 rings (SSSR count). The van der Waals surface area contributed by atoms with Gasteiger partial charge in [-0.2, -0.15) is 0 Å². The number of hydrogen-bond donors (Lipinski definition) is 0. The fourth-order valence-corrected chi connectivity index (χ4v) is 4.63. The number of likely N-dealkylation sites (tertiary alicyclic amines) is 1. The van der Waals surface area contributed by atoms with E-state index >= 15 is 0 Å². The summed E-state index contributed by atoms with van der Waals surface area (Å²) in [6.45, 7) is 4.25. The summed E-state index contributed by atoms with van der Waals surface area (Å²) in [5.41, 5.74) is 0.598. The van der Waals surface area contributed by atoms with Crippen molar-refractivity contribution >= 4 is 21.5 Å². The average Bonchev–Trinajstić information content (AvgIpc) is 2.42. The van der Waals surface area contributed by atoms with Crippen LogP contribution in [0.2, 0.25) is 0 Å². The fourth-order valence-electron chi connectivity index (χ4n) is 2.62. The maximum absolute atomic E-state index is 12.1. The summed E-state index contributed by atoms with van der Waals surface area (Å²) >= 11 is 0. The van der Waals surface area contributed by atoms with E-state index in [0.29, 0.717) is 5.56 Å². The van der Waals surface area contributed by atoms with Gasteiger partial charge in [0, 0.05) is 31.5 Å². The van der Waals surface area contributed by atoms with Crippen LogP contribution >= 0.6 is 0 Å². The number of hydrogen-bond acceptors (Lipinski definition) is 4. The molecular weight excluding hydrogens is 314 g/mol. The fraction of sp³-hybridized carbons (Fsp3) is 0.529. The van der Waals surface area contributed by atoms with Gasteiger partial charge >= 0.3 is 0 Å². The Morgan fingerprint density at radius 1 is 1.13 bits per heavy atom. The van der Waals surface area contributed by atoms with Crippen molar-refractivity contribution in [2.75, 3.05) is 18.8 Å². The van der Waals surface area contributed by atoms with E-state index in [9.17, 15) is 18.0 Å². The lowest BCUT2D eigenvalue weighted by atomic mass is 10.1. The van der Waals surface area contributed by atoms with Gasteiger partial charge < -0.3 is 4.90 Å². The van der Waals surface area contributed by atoms with Gasteiger partial charge in [-0.05, 0) is 5.92 Å². The first kappa shape index (κ1) is 17.7. The third kappa shape index (κ3) is 4.64. The number of sulfone groups is 1. The second-order valence-corrected chi connectivity index (χ2v) is 8.76. The zero-order chi connectivity index (χ0) is 17.0. The van der Waals surface area contributed by atoms with Crippen LogP contribution in [0.15, 0.2) is 30.3 Å². The Balaban J connectivity index is 1.78. The maximum Gasteiger partial charge on any atom is 0.223 e. The molecule has 0 saturated carbocycles. The number of carbonyl (C=O) groups is 2. The molecule has 1 aromatic carbocycles. The van der Waals surface area contributed by atoms with Crippen LogP contribution in [0, 0.1) is 5.92 Å². The van der Waals surface area contributed by atoms with Crippen LogP contribution in [0.4, 0.5) is 0 Å². The molecule has 0 aliphatic carbocycles. The van der Waals surface area contributed by atoms with Crippen LogP contribution in [0.3, 0.4) is 0 Å². The van der Waals surface area contributed by atoms with Crippen molar-refractivity contribution in [2.45, 2.75) is 31.9 Å². The van der Waals surface area contributed by atoms with Crippen molar-refractivity contribution in [3.8, 4) is 0 Å². The van der Waals surface area contributed by atoms with E-state index in [-0.39, 0.29) is 49.3 Å². The summed E-state index contributed by atoms with van der Waals surface area (Å²) in [6.07, 6.45) is 0.285. The first-order valence-corrected chi connectivity index (χ1v) is 9.58. The average molecular weight is 337 g/mol. The van der Waals surface area contributed by atoms with Gasteiger partial charge in [-0.3, -0.25) is 9.59 Å². The van der Waals surface area contributed by atoms with Crippen LogP contribution in [-0.2, 0) is 14.6 Å². The van der Waals surface area contributed by atoms with Crippen LogP contribution in [0.1, 0.15) is 37.0 Å². The topological polar surface area (TPSA) is 71.5 Å². The minimum absolute atomic E-state index is 0.0662. The molecule has 1 aliphatic heterocycles. The van der Waals surface area contributed by atoms with E-state index in [0.717, 1.165) is 0 Å². The van der Waals surface area contributed by atoms with Gasteiger partial charge in [-0.25, -0.2) is 8.42 Å². The molecule has 1 saturated heterocycles. The van der Waals surface area contributed by atoms with E-state index in [1.807, 2.05) is 19.9 Å². The van der Waals surface area contributed by atoms with Gasteiger partial charge in [0.25, 0.3) is 0 Å². The molecule has 0 unspecified atom stereocenters. The third-order valence-corrected chi connectivity index (χ3v) is 6.38. The van der Waals surface area contributed by atoms with Gasteiger partial charge in [-0.1, -0.05) is 44.2 Å². The summed E-state index contributed by atoms with van der Waals surface area (Å²) in [7, 11) is -3.12. The van der Waals surface area contributed by atoms with Crippen molar-refractivity contribution in [3.63, 3.8) is 0 Å². The van der Waals surface area contributed by atoms with Gasteiger partial charge in [0.05, 0.1) is 11.0 Å². The van der Waals surface area contributed by atoms with E-state index in [4.69, 9.17) is 0 Å². The minimum Gasteiger partial charge on any atom is -0.340 e. The highest BCUT2D eigenvalue weighted by Gasteiger charge is 2.39. The van der Waals surface area contributed by atoms with Gasteiger partial charge in [0.1, 0.15) is 0 Å². The number of ketones is 1.